The van der Waals surface area contributed by atoms with Crippen molar-refractivity contribution in [3.05, 3.63) is 52.3 Å². The highest BCUT2D eigenvalue weighted by Crippen LogP contribution is 2.35. The van der Waals surface area contributed by atoms with E-state index in [2.05, 4.69) is 39.6 Å². The lowest BCUT2D eigenvalue weighted by Crippen LogP contribution is -2.26. The molecule has 5 rings (SSSR count). The van der Waals surface area contributed by atoms with Gasteiger partial charge in [-0.05, 0) is 43.6 Å². The van der Waals surface area contributed by atoms with Crippen molar-refractivity contribution in [1.82, 2.24) is 19.1 Å². The van der Waals surface area contributed by atoms with Gasteiger partial charge in [-0.3, -0.25) is 4.57 Å². The largest absolute Gasteiger partial charge is 0.382 e. The number of anilines is 1. The molecule has 2 aliphatic rings. The van der Waals surface area contributed by atoms with Crippen LogP contribution in [0, 0.1) is 11.8 Å². The Morgan fingerprint density at radius 3 is 2.74 bits per heavy atom. The van der Waals surface area contributed by atoms with Crippen molar-refractivity contribution >= 4 is 28.6 Å². The molecular weight excluding hydrogens is 406 g/mol. The van der Waals surface area contributed by atoms with Crippen molar-refractivity contribution in [2.45, 2.75) is 62.8 Å². The van der Waals surface area contributed by atoms with Gasteiger partial charge in [0.15, 0.2) is 0 Å². The molecule has 2 N–H and O–H groups in total. The second kappa shape index (κ2) is 8.80. The summed E-state index contributed by atoms with van der Waals surface area (Å²) in [6.45, 7) is 0.545. The number of hydrogen-bond donors (Lipinski definition) is 1. The normalized spacial score (nSPS) is 19.4. The van der Waals surface area contributed by atoms with Crippen LogP contribution in [0.1, 0.15) is 67.6 Å². The summed E-state index contributed by atoms with van der Waals surface area (Å²) < 4.78 is 3.95. The van der Waals surface area contributed by atoms with Crippen LogP contribution in [0.15, 0.2) is 35.3 Å². The van der Waals surface area contributed by atoms with Crippen LogP contribution in [-0.4, -0.2) is 24.9 Å². The topological polar surface area (TPSA) is 78.7 Å². The molecular formula is C24H27N5OS. The van der Waals surface area contributed by atoms with Gasteiger partial charge < -0.3 is 10.3 Å². The molecule has 1 atom stereocenters. The predicted molar refractivity (Wildman–Crippen MR) is 126 cm³/mol. The van der Waals surface area contributed by atoms with Crippen molar-refractivity contribution in [3.63, 3.8) is 0 Å². The Morgan fingerprint density at radius 2 is 1.94 bits per heavy atom. The number of para-hydroxylation sites is 2. The number of nitrogens with zero attached hydrogens (tertiary/aromatic N) is 4. The Labute approximate surface area is 186 Å². The van der Waals surface area contributed by atoms with E-state index in [1.54, 1.807) is 22.5 Å². The minimum absolute atomic E-state index is 0.136. The fraction of sp³-hybridized carbons (Fsp3) is 0.458. The molecule has 7 heteroatoms. The average molecular weight is 434 g/mol. The zero-order valence-electron chi connectivity index (χ0n) is 17.6. The van der Waals surface area contributed by atoms with E-state index in [1.807, 2.05) is 6.07 Å². The summed E-state index contributed by atoms with van der Waals surface area (Å²) in [6, 6.07) is 8.27. The molecule has 6 nitrogen and oxygen atoms in total. The maximum Gasteiger partial charge on any atom is 0.350 e. The molecule has 1 aromatic carbocycles. The van der Waals surface area contributed by atoms with Crippen molar-refractivity contribution in [2.24, 2.45) is 0 Å². The fourth-order valence-electron chi connectivity index (χ4n) is 4.71. The van der Waals surface area contributed by atoms with Crippen molar-refractivity contribution < 1.29 is 0 Å². The molecule has 0 unspecified atom stereocenters. The first-order valence-electron chi connectivity index (χ1n) is 11.1. The molecule has 2 fully saturated rings. The van der Waals surface area contributed by atoms with Crippen LogP contribution in [0.25, 0.3) is 11.0 Å². The summed E-state index contributed by atoms with van der Waals surface area (Å²) in [4.78, 5) is 21.3. The highest BCUT2D eigenvalue weighted by molar-refractivity contribution is 7.99. The standard InChI is InChI=1S/C24H27N5OS/c25-22-18(16-29(24(30)27-22)21-13-7-15-31-21)10-6-14-28-20-12-5-4-11-19(20)26-23(28)17-8-2-1-3-9-17/h4-5,11-12,16-17,21H,1-3,7-9,13-15H2,(H2,25,27,30)/t21-/m0/s1. The third kappa shape index (κ3) is 4.09. The highest BCUT2D eigenvalue weighted by atomic mass is 32.2. The van der Waals surface area contributed by atoms with E-state index in [1.165, 1.54) is 32.1 Å². The van der Waals surface area contributed by atoms with Crippen LogP contribution in [0.2, 0.25) is 0 Å². The number of fused-ring (bicyclic) bond motifs is 1. The number of thioether (sulfide) groups is 1. The minimum Gasteiger partial charge on any atom is -0.382 e. The SMILES string of the molecule is Nc1nc(=O)n([C@@H]2CCCS2)cc1C#CCn1c(C2CCCCC2)nc2ccccc21. The average Bonchev–Trinajstić information content (AvgIpc) is 3.44. The van der Waals surface area contributed by atoms with Crippen LogP contribution < -0.4 is 11.4 Å². The van der Waals surface area contributed by atoms with Crippen molar-refractivity contribution in [2.75, 3.05) is 11.5 Å². The minimum atomic E-state index is -0.289. The lowest BCUT2D eigenvalue weighted by atomic mass is 9.88. The summed E-state index contributed by atoms with van der Waals surface area (Å²) in [5.41, 5.74) is 8.51. The molecule has 1 aliphatic heterocycles. The van der Waals surface area contributed by atoms with Gasteiger partial charge in [-0.1, -0.05) is 43.2 Å². The highest BCUT2D eigenvalue weighted by Gasteiger charge is 2.22. The lowest BCUT2D eigenvalue weighted by molar-refractivity contribution is 0.421. The second-order valence-electron chi connectivity index (χ2n) is 8.38. The van der Waals surface area contributed by atoms with E-state index in [9.17, 15) is 4.79 Å². The molecule has 0 radical (unpaired) electrons. The third-order valence-electron chi connectivity index (χ3n) is 6.31. The van der Waals surface area contributed by atoms with Crippen LogP contribution in [-0.2, 0) is 6.54 Å². The number of benzene rings is 1. The van der Waals surface area contributed by atoms with E-state index < -0.39 is 0 Å². The van der Waals surface area contributed by atoms with E-state index >= 15 is 0 Å². The van der Waals surface area contributed by atoms with E-state index in [4.69, 9.17) is 10.7 Å². The quantitative estimate of drug-likeness (QED) is 0.623. The molecule has 3 heterocycles. The van der Waals surface area contributed by atoms with Gasteiger partial charge in [0, 0.05) is 12.1 Å². The third-order valence-corrected chi connectivity index (χ3v) is 7.68. The fourth-order valence-corrected chi connectivity index (χ4v) is 5.96. The zero-order chi connectivity index (χ0) is 21.2. The van der Waals surface area contributed by atoms with Crippen LogP contribution in [0.5, 0.6) is 0 Å². The summed E-state index contributed by atoms with van der Waals surface area (Å²) in [6.07, 6.45) is 10.1. The smallest absolute Gasteiger partial charge is 0.350 e. The van der Waals surface area contributed by atoms with Gasteiger partial charge in [-0.25, -0.2) is 9.78 Å². The molecule has 160 valence electrons. The number of rotatable bonds is 3. The first-order chi connectivity index (χ1) is 15.2. The Morgan fingerprint density at radius 1 is 1.10 bits per heavy atom. The van der Waals surface area contributed by atoms with Gasteiger partial charge in [-0.15, -0.1) is 11.8 Å². The van der Waals surface area contributed by atoms with Crippen LogP contribution in [0.4, 0.5) is 5.82 Å². The molecule has 3 aromatic rings. The Bertz CT molecular complexity index is 1210. The van der Waals surface area contributed by atoms with Gasteiger partial charge >= 0.3 is 5.69 Å². The molecule has 31 heavy (non-hydrogen) atoms. The number of hydrogen-bond acceptors (Lipinski definition) is 5. The van der Waals surface area contributed by atoms with Crippen LogP contribution in [0.3, 0.4) is 0 Å². The van der Waals surface area contributed by atoms with Crippen LogP contribution >= 0.6 is 11.8 Å². The maximum absolute atomic E-state index is 12.3. The summed E-state index contributed by atoms with van der Waals surface area (Å²) in [5, 5.41) is 0.136. The van der Waals surface area contributed by atoms with Gasteiger partial charge in [0.2, 0.25) is 0 Å². The van der Waals surface area contributed by atoms with Gasteiger partial charge in [0.25, 0.3) is 0 Å². The second-order valence-corrected chi connectivity index (χ2v) is 9.66. The summed E-state index contributed by atoms with van der Waals surface area (Å²) in [5.74, 6) is 9.39. The van der Waals surface area contributed by atoms with E-state index in [0.717, 1.165) is 35.5 Å². The molecule has 1 aliphatic carbocycles. The maximum atomic E-state index is 12.3. The summed E-state index contributed by atoms with van der Waals surface area (Å²) >= 11 is 1.79. The Balaban J connectivity index is 1.47. The molecule has 0 amide bonds. The number of imidazole rings is 1. The number of aromatic nitrogens is 4. The van der Waals surface area contributed by atoms with Crippen molar-refractivity contribution in [1.29, 1.82) is 0 Å². The Hall–Kier alpha value is -2.72. The first-order valence-corrected chi connectivity index (χ1v) is 12.2. The zero-order valence-corrected chi connectivity index (χ0v) is 18.4. The van der Waals surface area contributed by atoms with E-state index in [-0.39, 0.29) is 16.9 Å². The molecule has 1 saturated carbocycles. The molecule has 0 bridgehead atoms. The van der Waals surface area contributed by atoms with E-state index in [0.29, 0.717) is 18.0 Å². The van der Waals surface area contributed by atoms with Gasteiger partial charge in [0.1, 0.15) is 11.6 Å². The monoisotopic (exact) mass is 433 g/mol. The molecule has 2 aromatic heterocycles. The van der Waals surface area contributed by atoms with Crippen molar-refractivity contribution in [3.8, 4) is 11.8 Å². The molecule has 1 saturated heterocycles. The predicted octanol–water partition coefficient (Wildman–Crippen LogP) is 4.30. The number of nitrogens with two attached hydrogens (primary N) is 1. The molecule has 0 spiro atoms. The van der Waals surface area contributed by atoms with Gasteiger partial charge in [0.05, 0.1) is 28.5 Å². The van der Waals surface area contributed by atoms with Gasteiger partial charge in [-0.2, -0.15) is 4.98 Å². The summed E-state index contributed by atoms with van der Waals surface area (Å²) in [7, 11) is 0. The lowest BCUT2D eigenvalue weighted by Gasteiger charge is -2.21. The Kier molecular flexibility index (Phi) is 5.73. The number of nitrogen functional groups attached to an aromatic ring is 1. The first kappa shape index (κ1) is 20.2.